The number of halogens is 1. The van der Waals surface area contributed by atoms with E-state index in [2.05, 4.69) is 25.9 Å². The van der Waals surface area contributed by atoms with Gasteiger partial charge in [0.1, 0.15) is 4.47 Å². The summed E-state index contributed by atoms with van der Waals surface area (Å²) in [7, 11) is 0. The Morgan fingerprint density at radius 3 is 3.14 bits per heavy atom. The van der Waals surface area contributed by atoms with Gasteiger partial charge in [0.25, 0.3) is 5.56 Å². The molecule has 1 aliphatic heterocycles. The molecule has 1 aromatic rings. The summed E-state index contributed by atoms with van der Waals surface area (Å²) < 4.78 is 5.61. The van der Waals surface area contributed by atoms with Crippen molar-refractivity contribution >= 4 is 15.9 Å². The summed E-state index contributed by atoms with van der Waals surface area (Å²) in [4.78, 5) is 17.9. The van der Waals surface area contributed by atoms with Crippen LogP contribution in [0.2, 0.25) is 0 Å². The number of nitrogens with two attached hydrogens (primary N) is 1. The standard InChI is InChI=1S/C8H10BrN3O2/c9-5-6(11-4-12-7(5)13)8(10)1-2-14-3-8/h4H,1-3,10H2,(H,11,12,13). The molecule has 1 saturated heterocycles. The normalized spacial score (nSPS) is 26.7. The smallest absolute Gasteiger partial charge is 0.265 e. The average Bonchev–Trinajstić information content (AvgIpc) is 2.58. The minimum Gasteiger partial charge on any atom is -0.379 e. The van der Waals surface area contributed by atoms with E-state index in [1.165, 1.54) is 6.33 Å². The van der Waals surface area contributed by atoms with Gasteiger partial charge < -0.3 is 15.5 Å². The second-order valence-corrected chi connectivity index (χ2v) is 4.15. The number of nitrogens with one attached hydrogen (secondary N) is 1. The van der Waals surface area contributed by atoms with Crippen LogP contribution in [0.5, 0.6) is 0 Å². The van der Waals surface area contributed by atoms with Gasteiger partial charge in [-0.1, -0.05) is 0 Å². The van der Waals surface area contributed by atoms with Gasteiger partial charge in [-0.3, -0.25) is 4.79 Å². The van der Waals surface area contributed by atoms with Crippen molar-refractivity contribution in [3.8, 4) is 0 Å². The molecule has 0 radical (unpaired) electrons. The van der Waals surface area contributed by atoms with E-state index in [4.69, 9.17) is 10.5 Å². The highest BCUT2D eigenvalue weighted by Crippen LogP contribution is 2.29. The van der Waals surface area contributed by atoms with E-state index in [1.807, 2.05) is 0 Å². The van der Waals surface area contributed by atoms with Crippen LogP contribution in [0.1, 0.15) is 12.1 Å². The molecule has 1 unspecified atom stereocenters. The molecule has 0 spiro atoms. The minimum atomic E-state index is -0.632. The second kappa shape index (κ2) is 3.45. The zero-order chi connectivity index (χ0) is 10.2. The van der Waals surface area contributed by atoms with Gasteiger partial charge in [0, 0.05) is 6.61 Å². The molecule has 2 rings (SSSR count). The van der Waals surface area contributed by atoms with Gasteiger partial charge in [0.2, 0.25) is 0 Å². The zero-order valence-corrected chi connectivity index (χ0v) is 9.00. The van der Waals surface area contributed by atoms with Gasteiger partial charge in [-0.25, -0.2) is 4.98 Å². The highest BCUT2D eigenvalue weighted by molar-refractivity contribution is 9.10. The third-order valence-electron chi connectivity index (χ3n) is 2.32. The van der Waals surface area contributed by atoms with Gasteiger partial charge >= 0.3 is 0 Å². The van der Waals surface area contributed by atoms with E-state index in [0.717, 1.165) is 0 Å². The number of rotatable bonds is 1. The lowest BCUT2D eigenvalue weighted by Crippen LogP contribution is -2.39. The molecule has 0 bridgehead atoms. The van der Waals surface area contributed by atoms with Crippen LogP contribution >= 0.6 is 15.9 Å². The number of aromatic nitrogens is 2. The molecule has 1 aromatic heterocycles. The van der Waals surface area contributed by atoms with Crippen molar-refractivity contribution in [2.24, 2.45) is 5.73 Å². The summed E-state index contributed by atoms with van der Waals surface area (Å²) in [6.45, 7) is 1.01. The van der Waals surface area contributed by atoms with Crippen LogP contribution in [0.25, 0.3) is 0 Å². The Morgan fingerprint density at radius 2 is 2.50 bits per heavy atom. The lowest BCUT2D eigenvalue weighted by Gasteiger charge is -2.21. The van der Waals surface area contributed by atoms with Crippen molar-refractivity contribution in [3.05, 3.63) is 26.8 Å². The summed E-state index contributed by atoms with van der Waals surface area (Å²) in [5, 5.41) is 0. The van der Waals surface area contributed by atoms with Crippen LogP contribution in [0.3, 0.4) is 0 Å². The van der Waals surface area contributed by atoms with E-state index in [9.17, 15) is 4.79 Å². The monoisotopic (exact) mass is 259 g/mol. The third kappa shape index (κ3) is 1.49. The molecule has 0 amide bonds. The number of ether oxygens (including phenoxy) is 1. The molecule has 1 aliphatic rings. The first-order valence-corrected chi connectivity index (χ1v) is 5.03. The van der Waals surface area contributed by atoms with Crippen LogP contribution < -0.4 is 11.3 Å². The van der Waals surface area contributed by atoms with Crippen molar-refractivity contribution in [2.75, 3.05) is 13.2 Å². The van der Waals surface area contributed by atoms with Gasteiger partial charge in [-0.2, -0.15) is 0 Å². The van der Waals surface area contributed by atoms with Crippen LogP contribution in [-0.2, 0) is 10.3 Å². The first kappa shape index (κ1) is 9.82. The Bertz CT molecular complexity index is 398. The molecule has 3 N–H and O–H groups in total. The molecule has 76 valence electrons. The van der Waals surface area contributed by atoms with E-state index < -0.39 is 5.54 Å². The van der Waals surface area contributed by atoms with Gasteiger partial charge in [-0.15, -0.1) is 0 Å². The summed E-state index contributed by atoms with van der Waals surface area (Å²) >= 11 is 3.18. The lowest BCUT2D eigenvalue weighted by molar-refractivity contribution is 0.177. The SMILES string of the molecule is NC1(c2nc[nH]c(=O)c2Br)CCOC1. The predicted octanol–water partition coefficient (Wildman–Crippen LogP) is 0.107. The highest BCUT2D eigenvalue weighted by Gasteiger charge is 2.36. The summed E-state index contributed by atoms with van der Waals surface area (Å²) in [5.74, 6) is 0. The molecule has 1 atom stereocenters. The quantitative estimate of drug-likeness (QED) is 0.750. The summed E-state index contributed by atoms with van der Waals surface area (Å²) in [6, 6.07) is 0. The fraction of sp³-hybridized carbons (Fsp3) is 0.500. The highest BCUT2D eigenvalue weighted by atomic mass is 79.9. The Balaban J connectivity index is 2.50. The molecule has 6 heteroatoms. The summed E-state index contributed by atoms with van der Waals surface area (Å²) in [6.07, 6.45) is 2.04. The van der Waals surface area contributed by atoms with E-state index in [1.54, 1.807) is 0 Å². The molecule has 0 aliphatic carbocycles. The maximum absolute atomic E-state index is 11.3. The fourth-order valence-electron chi connectivity index (χ4n) is 1.50. The van der Waals surface area contributed by atoms with Crippen molar-refractivity contribution in [3.63, 3.8) is 0 Å². The molecular formula is C8H10BrN3O2. The first-order valence-electron chi connectivity index (χ1n) is 4.24. The molecule has 14 heavy (non-hydrogen) atoms. The van der Waals surface area contributed by atoms with Crippen molar-refractivity contribution < 1.29 is 4.74 Å². The Hall–Kier alpha value is -0.720. The zero-order valence-electron chi connectivity index (χ0n) is 7.42. The predicted molar refractivity (Wildman–Crippen MR) is 53.9 cm³/mol. The maximum Gasteiger partial charge on any atom is 0.265 e. The Labute approximate surface area is 88.8 Å². The van der Waals surface area contributed by atoms with E-state index >= 15 is 0 Å². The van der Waals surface area contributed by atoms with Gasteiger partial charge in [0.15, 0.2) is 0 Å². The number of hydrogen-bond acceptors (Lipinski definition) is 4. The van der Waals surface area contributed by atoms with Crippen molar-refractivity contribution in [2.45, 2.75) is 12.0 Å². The van der Waals surface area contributed by atoms with Gasteiger partial charge in [0.05, 0.1) is 24.2 Å². The number of aromatic amines is 1. The lowest BCUT2D eigenvalue weighted by atomic mass is 9.96. The second-order valence-electron chi connectivity index (χ2n) is 3.35. The molecule has 0 aromatic carbocycles. The van der Waals surface area contributed by atoms with Crippen LogP contribution in [0.15, 0.2) is 15.6 Å². The van der Waals surface area contributed by atoms with Crippen LogP contribution in [0, 0.1) is 0 Å². The fourth-order valence-corrected chi connectivity index (χ4v) is 2.11. The van der Waals surface area contributed by atoms with Crippen LogP contribution in [-0.4, -0.2) is 23.2 Å². The summed E-state index contributed by atoms with van der Waals surface area (Å²) in [5.41, 5.74) is 5.80. The number of hydrogen-bond donors (Lipinski definition) is 2. The molecular weight excluding hydrogens is 250 g/mol. The van der Waals surface area contributed by atoms with E-state index in [-0.39, 0.29) is 5.56 Å². The molecule has 2 heterocycles. The molecule has 0 saturated carbocycles. The minimum absolute atomic E-state index is 0.216. The molecule has 5 nitrogen and oxygen atoms in total. The van der Waals surface area contributed by atoms with Crippen molar-refractivity contribution in [1.29, 1.82) is 0 Å². The van der Waals surface area contributed by atoms with Crippen molar-refractivity contribution in [1.82, 2.24) is 9.97 Å². The topological polar surface area (TPSA) is 81.0 Å². The third-order valence-corrected chi connectivity index (χ3v) is 3.06. The largest absolute Gasteiger partial charge is 0.379 e. The van der Waals surface area contributed by atoms with E-state index in [0.29, 0.717) is 29.8 Å². The number of H-pyrrole nitrogens is 1. The number of nitrogens with zero attached hydrogens (tertiary/aromatic N) is 1. The van der Waals surface area contributed by atoms with Crippen LogP contribution in [0.4, 0.5) is 0 Å². The first-order chi connectivity index (χ1) is 6.63. The molecule has 1 fully saturated rings. The Morgan fingerprint density at radius 1 is 1.71 bits per heavy atom. The maximum atomic E-state index is 11.3. The average molecular weight is 260 g/mol. The van der Waals surface area contributed by atoms with Gasteiger partial charge in [-0.05, 0) is 22.4 Å². The Kier molecular flexibility index (Phi) is 2.42.